The van der Waals surface area contributed by atoms with Crippen molar-refractivity contribution in [3.8, 4) is 0 Å². The molecule has 98 valence electrons. The second kappa shape index (κ2) is 6.58. The van der Waals surface area contributed by atoms with Gasteiger partial charge in [0, 0.05) is 13.6 Å². The Morgan fingerprint density at radius 3 is 2.50 bits per heavy atom. The molecule has 2 nitrogen and oxygen atoms in total. The molecule has 0 spiro atoms. The van der Waals surface area contributed by atoms with Crippen molar-refractivity contribution in [1.82, 2.24) is 5.01 Å². The van der Waals surface area contributed by atoms with E-state index in [0.717, 1.165) is 18.2 Å². The Balaban J connectivity index is 1.91. The molecular formula is C16H24N2. The van der Waals surface area contributed by atoms with Gasteiger partial charge in [-0.1, -0.05) is 49.6 Å². The number of hydrogen-bond acceptors (Lipinski definition) is 2. The molecule has 0 amide bonds. The fourth-order valence-corrected chi connectivity index (χ4v) is 2.78. The minimum Gasteiger partial charge on any atom is -0.300 e. The molecule has 1 aliphatic carbocycles. The predicted molar refractivity (Wildman–Crippen MR) is 77.9 cm³/mol. The van der Waals surface area contributed by atoms with Gasteiger partial charge >= 0.3 is 0 Å². The second-order valence-electron chi connectivity index (χ2n) is 5.40. The summed E-state index contributed by atoms with van der Waals surface area (Å²) in [5, 5.41) is 6.81. The lowest BCUT2D eigenvalue weighted by atomic mass is 9.89. The van der Waals surface area contributed by atoms with E-state index in [4.69, 9.17) is 5.10 Å². The molecular weight excluding hydrogens is 220 g/mol. The average molecular weight is 244 g/mol. The van der Waals surface area contributed by atoms with E-state index in [2.05, 4.69) is 43.2 Å². The lowest BCUT2D eigenvalue weighted by Crippen LogP contribution is -2.24. The van der Waals surface area contributed by atoms with E-state index in [1.807, 2.05) is 6.07 Å². The highest BCUT2D eigenvalue weighted by Gasteiger charge is 2.14. The van der Waals surface area contributed by atoms with Gasteiger partial charge < -0.3 is 0 Å². The molecule has 1 aliphatic rings. The maximum absolute atomic E-state index is 4.69. The molecule has 0 aliphatic heterocycles. The Morgan fingerprint density at radius 2 is 1.83 bits per heavy atom. The highest BCUT2D eigenvalue weighted by atomic mass is 15.4. The van der Waals surface area contributed by atoms with Gasteiger partial charge in [0.25, 0.3) is 0 Å². The molecule has 0 radical (unpaired) electrons. The fourth-order valence-electron chi connectivity index (χ4n) is 2.78. The fraction of sp³-hybridized carbons (Fsp3) is 0.562. The first-order valence-electron chi connectivity index (χ1n) is 7.07. The summed E-state index contributed by atoms with van der Waals surface area (Å²) in [4.78, 5) is 0. The first-order valence-corrected chi connectivity index (χ1v) is 7.07. The summed E-state index contributed by atoms with van der Waals surface area (Å²) in [6.45, 7) is 3.19. The van der Waals surface area contributed by atoms with Crippen LogP contribution in [0.15, 0.2) is 35.4 Å². The molecule has 2 heteroatoms. The molecule has 18 heavy (non-hydrogen) atoms. The summed E-state index contributed by atoms with van der Waals surface area (Å²) in [6, 6.07) is 10.4. The average Bonchev–Trinajstić information content (AvgIpc) is 2.40. The molecule has 0 N–H and O–H groups in total. The van der Waals surface area contributed by atoms with Gasteiger partial charge in [0.15, 0.2) is 0 Å². The van der Waals surface area contributed by atoms with Crippen molar-refractivity contribution >= 4 is 5.71 Å². The van der Waals surface area contributed by atoms with Gasteiger partial charge in [0.1, 0.15) is 0 Å². The van der Waals surface area contributed by atoms with E-state index < -0.39 is 0 Å². The van der Waals surface area contributed by atoms with E-state index in [1.165, 1.54) is 37.7 Å². The van der Waals surface area contributed by atoms with Crippen LogP contribution in [0.2, 0.25) is 0 Å². The molecule has 1 aromatic carbocycles. The summed E-state index contributed by atoms with van der Waals surface area (Å²) < 4.78 is 0. The summed E-state index contributed by atoms with van der Waals surface area (Å²) in [5.74, 6) is 0.844. The normalized spacial score (nSPS) is 17.8. The molecule has 1 fully saturated rings. The summed E-state index contributed by atoms with van der Waals surface area (Å²) in [6.07, 6.45) is 6.99. The van der Waals surface area contributed by atoms with Crippen molar-refractivity contribution in [3.63, 3.8) is 0 Å². The van der Waals surface area contributed by atoms with E-state index in [1.54, 1.807) is 0 Å². The van der Waals surface area contributed by atoms with Crippen molar-refractivity contribution < 1.29 is 0 Å². The molecule has 1 aromatic rings. The number of hydrazone groups is 1. The molecule has 0 aromatic heterocycles. The Hall–Kier alpha value is -1.31. The van der Waals surface area contributed by atoms with Crippen molar-refractivity contribution in [2.75, 3.05) is 13.6 Å². The van der Waals surface area contributed by atoms with Crippen LogP contribution in [-0.4, -0.2) is 24.3 Å². The minimum atomic E-state index is 0.844. The van der Waals surface area contributed by atoms with Gasteiger partial charge in [-0.05, 0) is 31.2 Å². The van der Waals surface area contributed by atoms with Crippen molar-refractivity contribution in [2.45, 2.75) is 39.0 Å². The quantitative estimate of drug-likeness (QED) is 0.579. The monoisotopic (exact) mass is 244 g/mol. The van der Waals surface area contributed by atoms with Crippen molar-refractivity contribution in [1.29, 1.82) is 0 Å². The van der Waals surface area contributed by atoms with E-state index in [0.29, 0.717) is 0 Å². The molecule has 2 rings (SSSR count). The Morgan fingerprint density at radius 1 is 1.17 bits per heavy atom. The second-order valence-corrected chi connectivity index (χ2v) is 5.40. The molecule has 0 saturated heterocycles. The third-order valence-corrected chi connectivity index (χ3v) is 3.76. The Labute approximate surface area is 111 Å². The summed E-state index contributed by atoms with van der Waals surface area (Å²) >= 11 is 0. The number of rotatable bonds is 4. The first kappa shape index (κ1) is 13.1. The third kappa shape index (κ3) is 3.86. The van der Waals surface area contributed by atoms with Gasteiger partial charge in [-0.15, -0.1) is 0 Å². The standard InChI is InChI=1S/C16H24N2/c1-14(16-11-7-4-8-12-16)17-18(2)13-15-9-5-3-6-10-15/h4,7-8,11-12,15H,3,5-6,9-10,13H2,1-2H3. The van der Waals surface area contributed by atoms with Crippen LogP contribution in [0.5, 0.6) is 0 Å². The van der Waals surface area contributed by atoms with Crippen LogP contribution in [0, 0.1) is 5.92 Å². The van der Waals surface area contributed by atoms with E-state index >= 15 is 0 Å². The molecule has 0 unspecified atom stereocenters. The zero-order valence-electron chi connectivity index (χ0n) is 11.6. The van der Waals surface area contributed by atoms with Crippen LogP contribution < -0.4 is 0 Å². The van der Waals surface area contributed by atoms with Crippen molar-refractivity contribution in [3.05, 3.63) is 35.9 Å². The zero-order valence-corrected chi connectivity index (χ0v) is 11.6. The number of benzene rings is 1. The molecule has 0 bridgehead atoms. The van der Waals surface area contributed by atoms with Gasteiger partial charge in [-0.2, -0.15) is 5.10 Å². The van der Waals surface area contributed by atoms with Gasteiger partial charge in [-0.3, -0.25) is 5.01 Å². The SMILES string of the molecule is CC(=NN(C)CC1CCCCC1)c1ccccc1. The van der Waals surface area contributed by atoms with Crippen LogP contribution >= 0.6 is 0 Å². The summed E-state index contributed by atoms with van der Waals surface area (Å²) in [5.41, 5.74) is 2.32. The van der Waals surface area contributed by atoms with Crippen LogP contribution in [-0.2, 0) is 0 Å². The van der Waals surface area contributed by atoms with E-state index in [9.17, 15) is 0 Å². The number of hydrogen-bond donors (Lipinski definition) is 0. The predicted octanol–water partition coefficient (Wildman–Crippen LogP) is 3.92. The maximum atomic E-state index is 4.69. The minimum absolute atomic E-state index is 0.844. The molecule has 1 saturated carbocycles. The lowest BCUT2D eigenvalue weighted by molar-refractivity contribution is 0.241. The Kier molecular flexibility index (Phi) is 4.80. The van der Waals surface area contributed by atoms with Crippen LogP contribution in [0.3, 0.4) is 0 Å². The highest BCUT2D eigenvalue weighted by molar-refractivity contribution is 5.98. The van der Waals surface area contributed by atoms with Gasteiger partial charge in [-0.25, -0.2) is 0 Å². The number of nitrogens with zero attached hydrogens (tertiary/aromatic N) is 2. The zero-order chi connectivity index (χ0) is 12.8. The lowest BCUT2D eigenvalue weighted by Gasteiger charge is -2.25. The van der Waals surface area contributed by atoms with Crippen LogP contribution in [0.4, 0.5) is 0 Å². The maximum Gasteiger partial charge on any atom is 0.0646 e. The van der Waals surface area contributed by atoms with E-state index in [-0.39, 0.29) is 0 Å². The first-order chi connectivity index (χ1) is 8.75. The smallest absolute Gasteiger partial charge is 0.0646 e. The topological polar surface area (TPSA) is 15.6 Å². The largest absolute Gasteiger partial charge is 0.300 e. The van der Waals surface area contributed by atoms with Crippen LogP contribution in [0.25, 0.3) is 0 Å². The Bertz CT molecular complexity index is 377. The van der Waals surface area contributed by atoms with Gasteiger partial charge in [0.05, 0.1) is 5.71 Å². The highest BCUT2D eigenvalue weighted by Crippen LogP contribution is 2.24. The van der Waals surface area contributed by atoms with Crippen molar-refractivity contribution in [2.24, 2.45) is 11.0 Å². The molecule has 0 heterocycles. The summed E-state index contributed by atoms with van der Waals surface area (Å²) in [7, 11) is 2.10. The molecule has 0 atom stereocenters. The van der Waals surface area contributed by atoms with Gasteiger partial charge in [0.2, 0.25) is 0 Å². The third-order valence-electron chi connectivity index (χ3n) is 3.76. The van der Waals surface area contributed by atoms with Crippen LogP contribution in [0.1, 0.15) is 44.6 Å².